The summed E-state index contributed by atoms with van der Waals surface area (Å²) >= 11 is 0. The van der Waals surface area contributed by atoms with Crippen LogP contribution in [0.15, 0.2) is 30.3 Å². The molecule has 0 bridgehead atoms. The van der Waals surface area contributed by atoms with Gasteiger partial charge in [-0.3, -0.25) is 0 Å². The first-order valence-corrected chi connectivity index (χ1v) is 8.35. The second kappa shape index (κ2) is 13.1. The van der Waals surface area contributed by atoms with Crippen molar-refractivity contribution >= 4 is 0 Å². The Hall–Kier alpha value is -0.261. The van der Waals surface area contributed by atoms with Gasteiger partial charge in [-0.05, 0) is 81.6 Å². The molecule has 3 rings (SSSR count). The fourth-order valence-corrected chi connectivity index (χ4v) is 2.75. The van der Waals surface area contributed by atoms with Crippen LogP contribution in [-0.2, 0) is 17.1 Å². The maximum absolute atomic E-state index is 2.26. The standard InChI is InChI=1S/C17H21.C5H5.Fe/c1-2-3-5-14-17(16-12-8-9-13-16)15-10-6-4-7-11-15;1-2-4-5-3-1;/h4,6-13,17H,2-3,5,14H2,1H3;1-5H;/q;;+2/t17-;;/m1../s1. The topological polar surface area (TPSA) is 0 Å². The van der Waals surface area contributed by atoms with Crippen molar-refractivity contribution < 1.29 is 17.1 Å². The van der Waals surface area contributed by atoms with Crippen LogP contribution in [0.5, 0.6) is 0 Å². The van der Waals surface area contributed by atoms with Crippen LogP contribution >= 0.6 is 0 Å². The molecule has 2 aliphatic rings. The number of benzene rings is 1. The summed E-state index contributed by atoms with van der Waals surface area (Å²) in [4.78, 5) is 0. The molecule has 23 heavy (non-hydrogen) atoms. The summed E-state index contributed by atoms with van der Waals surface area (Å²) < 4.78 is 0. The van der Waals surface area contributed by atoms with Gasteiger partial charge in [-0.1, -0.05) is 56.5 Å². The largest absolute Gasteiger partial charge is 2.00 e. The zero-order valence-corrected chi connectivity index (χ0v) is 14.9. The van der Waals surface area contributed by atoms with Crippen molar-refractivity contribution in [3.8, 4) is 0 Å². The molecular formula is C22H26Fe+2. The minimum atomic E-state index is 0. The van der Waals surface area contributed by atoms with E-state index in [0.29, 0.717) is 5.92 Å². The summed E-state index contributed by atoms with van der Waals surface area (Å²) in [6, 6.07) is 10.9. The molecule has 0 nitrogen and oxygen atoms in total. The Kier molecular flexibility index (Phi) is 11.8. The Morgan fingerprint density at radius 3 is 1.83 bits per heavy atom. The number of hydrogen-bond donors (Lipinski definition) is 0. The number of hydrogen-bond acceptors (Lipinski definition) is 0. The van der Waals surface area contributed by atoms with Gasteiger partial charge in [0.25, 0.3) is 0 Å². The van der Waals surface area contributed by atoms with Crippen molar-refractivity contribution in [3.63, 3.8) is 0 Å². The van der Waals surface area contributed by atoms with Gasteiger partial charge in [0.2, 0.25) is 0 Å². The molecule has 2 saturated carbocycles. The van der Waals surface area contributed by atoms with Crippen molar-refractivity contribution in [2.24, 2.45) is 0 Å². The zero-order valence-electron chi connectivity index (χ0n) is 13.8. The van der Waals surface area contributed by atoms with Crippen LogP contribution in [0.2, 0.25) is 0 Å². The van der Waals surface area contributed by atoms with Gasteiger partial charge in [0.1, 0.15) is 0 Å². The van der Waals surface area contributed by atoms with Crippen molar-refractivity contribution in [3.05, 3.63) is 99.6 Å². The first kappa shape index (κ1) is 20.8. The van der Waals surface area contributed by atoms with Crippen LogP contribution in [0.3, 0.4) is 0 Å². The molecule has 0 N–H and O–H groups in total. The summed E-state index contributed by atoms with van der Waals surface area (Å²) in [5, 5.41) is 0. The Morgan fingerprint density at radius 1 is 0.739 bits per heavy atom. The van der Waals surface area contributed by atoms with E-state index >= 15 is 0 Å². The molecule has 1 aromatic rings. The molecular weight excluding hydrogens is 320 g/mol. The molecule has 0 aliphatic heterocycles. The normalized spacial score (nSPS) is 18.8. The van der Waals surface area contributed by atoms with Crippen LogP contribution in [0.4, 0.5) is 0 Å². The third-order valence-electron chi connectivity index (χ3n) is 3.94. The minimum Gasteiger partial charge on any atom is -0.0654 e. The van der Waals surface area contributed by atoms with Crippen molar-refractivity contribution in [2.75, 3.05) is 0 Å². The molecule has 1 atom stereocenters. The summed E-state index contributed by atoms with van der Waals surface area (Å²) in [6.07, 6.45) is 24.0. The van der Waals surface area contributed by atoms with Gasteiger partial charge < -0.3 is 0 Å². The van der Waals surface area contributed by atoms with E-state index in [4.69, 9.17) is 0 Å². The Balaban J connectivity index is 0.000000377. The van der Waals surface area contributed by atoms with Crippen LogP contribution in [0, 0.1) is 63.7 Å². The van der Waals surface area contributed by atoms with Crippen molar-refractivity contribution in [1.29, 1.82) is 0 Å². The van der Waals surface area contributed by atoms with Gasteiger partial charge in [-0.25, -0.2) is 0 Å². The maximum atomic E-state index is 2.26. The van der Waals surface area contributed by atoms with Crippen LogP contribution in [0.25, 0.3) is 0 Å². The smallest absolute Gasteiger partial charge is 0.0654 e. The second-order valence-electron chi connectivity index (χ2n) is 5.64. The first-order valence-electron chi connectivity index (χ1n) is 8.35. The van der Waals surface area contributed by atoms with E-state index in [9.17, 15) is 0 Å². The molecule has 2 fully saturated rings. The fraction of sp³-hybridized carbons (Fsp3) is 0.273. The SMILES string of the molecule is CCCCC[C@@H]([C]1[CH][CH][CH][CH]1)c1ccccc1.[CH]1[CH][CH][CH][CH]1.[Fe+2]. The Labute approximate surface area is 155 Å². The molecule has 10 radical (unpaired) electrons. The average Bonchev–Trinajstić information content (AvgIpc) is 3.28. The van der Waals surface area contributed by atoms with Crippen LogP contribution in [0.1, 0.15) is 44.1 Å². The quantitative estimate of drug-likeness (QED) is 0.453. The van der Waals surface area contributed by atoms with E-state index in [1.807, 2.05) is 32.1 Å². The van der Waals surface area contributed by atoms with Gasteiger partial charge in [-0.15, -0.1) is 0 Å². The number of unbranched alkanes of at least 4 members (excludes halogenated alkanes) is 2. The van der Waals surface area contributed by atoms with Gasteiger partial charge in [0.15, 0.2) is 0 Å². The molecule has 0 spiro atoms. The third kappa shape index (κ3) is 7.90. The van der Waals surface area contributed by atoms with E-state index in [0.717, 1.165) is 0 Å². The summed E-state index contributed by atoms with van der Waals surface area (Å²) in [5.74, 6) is 2.05. The van der Waals surface area contributed by atoms with Gasteiger partial charge in [0, 0.05) is 0 Å². The first-order chi connectivity index (χ1) is 10.9. The van der Waals surface area contributed by atoms with Crippen LogP contribution < -0.4 is 0 Å². The molecule has 0 amide bonds. The van der Waals surface area contributed by atoms with E-state index in [-0.39, 0.29) is 17.1 Å². The molecule has 2 aliphatic carbocycles. The molecule has 0 heterocycles. The van der Waals surface area contributed by atoms with Gasteiger partial charge >= 0.3 is 17.1 Å². The van der Waals surface area contributed by atoms with Gasteiger partial charge in [-0.2, -0.15) is 0 Å². The Morgan fingerprint density at radius 2 is 1.30 bits per heavy atom. The number of rotatable bonds is 6. The molecule has 1 heteroatoms. The third-order valence-corrected chi connectivity index (χ3v) is 3.94. The molecule has 1 aromatic carbocycles. The zero-order chi connectivity index (χ0) is 15.5. The second-order valence-corrected chi connectivity index (χ2v) is 5.64. The van der Waals surface area contributed by atoms with E-state index in [1.165, 1.54) is 37.2 Å². The van der Waals surface area contributed by atoms with Crippen molar-refractivity contribution in [1.82, 2.24) is 0 Å². The van der Waals surface area contributed by atoms with E-state index < -0.39 is 0 Å². The van der Waals surface area contributed by atoms with E-state index in [2.05, 4.69) is 62.9 Å². The minimum absolute atomic E-state index is 0. The Bertz CT molecular complexity index is 355. The van der Waals surface area contributed by atoms with Crippen molar-refractivity contribution in [2.45, 2.75) is 38.5 Å². The fourth-order valence-electron chi connectivity index (χ4n) is 2.75. The predicted molar refractivity (Wildman–Crippen MR) is 95.3 cm³/mol. The van der Waals surface area contributed by atoms with Crippen LogP contribution in [-0.4, -0.2) is 0 Å². The predicted octanol–water partition coefficient (Wildman–Crippen LogP) is 5.77. The summed E-state index contributed by atoms with van der Waals surface area (Å²) in [6.45, 7) is 2.26. The molecule has 0 saturated heterocycles. The molecule has 120 valence electrons. The maximum Gasteiger partial charge on any atom is 2.00 e. The molecule has 0 unspecified atom stereocenters. The average molecular weight is 346 g/mol. The summed E-state index contributed by atoms with van der Waals surface area (Å²) in [5.41, 5.74) is 1.45. The van der Waals surface area contributed by atoms with Gasteiger partial charge in [0.05, 0.1) is 0 Å². The monoisotopic (exact) mass is 346 g/mol. The van der Waals surface area contributed by atoms with E-state index in [1.54, 1.807) is 0 Å². The molecule has 0 aromatic heterocycles. The summed E-state index contributed by atoms with van der Waals surface area (Å²) in [7, 11) is 0.